The zero-order chi connectivity index (χ0) is 17.6. The summed E-state index contributed by atoms with van der Waals surface area (Å²) in [6, 6.07) is -0.0949. The number of carboxylic acids is 1. The van der Waals surface area contributed by atoms with Gasteiger partial charge in [0.1, 0.15) is 0 Å². The lowest BCUT2D eigenvalue weighted by atomic mass is 9.81. The molecule has 2 N–H and O–H groups in total. The Balaban J connectivity index is 1.73. The smallest absolute Gasteiger partial charge is 0.317 e. The van der Waals surface area contributed by atoms with Gasteiger partial charge in [0.05, 0.1) is 5.41 Å². The Kier molecular flexibility index (Phi) is 6.90. The molecule has 1 aliphatic heterocycles. The second-order valence-corrected chi connectivity index (χ2v) is 7.36. The fourth-order valence-electron chi connectivity index (χ4n) is 4.37. The van der Waals surface area contributed by atoms with Crippen molar-refractivity contribution < 1.29 is 14.7 Å². The summed E-state index contributed by atoms with van der Waals surface area (Å²) >= 11 is 0. The quantitative estimate of drug-likeness (QED) is 0.633. The highest BCUT2D eigenvalue weighted by molar-refractivity contribution is 5.80. The second kappa shape index (κ2) is 8.70. The lowest BCUT2D eigenvalue weighted by Crippen LogP contribution is -2.42. The lowest BCUT2D eigenvalue weighted by Gasteiger charge is -2.24. The summed E-state index contributed by atoms with van der Waals surface area (Å²) in [5, 5.41) is 12.6. The fourth-order valence-corrected chi connectivity index (χ4v) is 4.37. The minimum Gasteiger partial charge on any atom is -0.481 e. The van der Waals surface area contributed by atoms with E-state index < -0.39 is 11.4 Å². The Morgan fingerprint density at radius 3 is 2.54 bits per heavy atom. The van der Waals surface area contributed by atoms with E-state index in [9.17, 15) is 14.7 Å². The third-order valence-electron chi connectivity index (χ3n) is 5.59. The zero-order valence-corrected chi connectivity index (χ0v) is 15.2. The van der Waals surface area contributed by atoms with Crippen LogP contribution in [0.2, 0.25) is 0 Å². The van der Waals surface area contributed by atoms with Crippen LogP contribution in [-0.2, 0) is 4.79 Å². The first-order valence-electron chi connectivity index (χ1n) is 9.52. The molecule has 1 aliphatic carbocycles. The average Bonchev–Trinajstić information content (AvgIpc) is 3.09. The monoisotopic (exact) mass is 339 g/mol. The summed E-state index contributed by atoms with van der Waals surface area (Å²) in [7, 11) is 0. The van der Waals surface area contributed by atoms with E-state index in [1.165, 1.54) is 0 Å². The molecule has 2 amide bonds. The first-order chi connectivity index (χ1) is 11.5. The molecule has 6 nitrogen and oxygen atoms in total. The van der Waals surface area contributed by atoms with Gasteiger partial charge in [-0.25, -0.2) is 4.79 Å². The van der Waals surface area contributed by atoms with Gasteiger partial charge in [-0.05, 0) is 57.7 Å². The van der Waals surface area contributed by atoms with Crippen molar-refractivity contribution in [3.8, 4) is 0 Å². The van der Waals surface area contributed by atoms with Gasteiger partial charge >= 0.3 is 12.0 Å². The van der Waals surface area contributed by atoms with Crippen molar-refractivity contribution in [3.63, 3.8) is 0 Å². The van der Waals surface area contributed by atoms with E-state index in [-0.39, 0.29) is 11.9 Å². The van der Waals surface area contributed by atoms with Gasteiger partial charge in [-0.2, -0.15) is 0 Å². The Morgan fingerprint density at radius 2 is 1.96 bits per heavy atom. The van der Waals surface area contributed by atoms with Gasteiger partial charge in [0.2, 0.25) is 0 Å². The third-order valence-corrected chi connectivity index (χ3v) is 5.59. The molecule has 0 aromatic carbocycles. The van der Waals surface area contributed by atoms with Crippen molar-refractivity contribution in [2.75, 3.05) is 39.3 Å². The van der Waals surface area contributed by atoms with Crippen molar-refractivity contribution in [1.29, 1.82) is 0 Å². The van der Waals surface area contributed by atoms with E-state index in [0.717, 1.165) is 51.7 Å². The Morgan fingerprint density at radius 1 is 1.25 bits per heavy atom. The number of fused-ring (bicyclic) bond motifs is 1. The second-order valence-electron chi connectivity index (χ2n) is 7.36. The summed E-state index contributed by atoms with van der Waals surface area (Å²) in [5.41, 5.74) is -0.684. The van der Waals surface area contributed by atoms with Gasteiger partial charge in [0, 0.05) is 19.6 Å². The lowest BCUT2D eigenvalue weighted by molar-refractivity contribution is -0.149. The van der Waals surface area contributed by atoms with E-state index in [0.29, 0.717) is 26.1 Å². The number of hydrogen-bond donors (Lipinski definition) is 2. The molecule has 2 fully saturated rings. The Hall–Kier alpha value is -1.30. The first-order valence-corrected chi connectivity index (χ1v) is 9.52. The van der Waals surface area contributed by atoms with Crippen LogP contribution < -0.4 is 5.32 Å². The van der Waals surface area contributed by atoms with E-state index in [1.807, 2.05) is 0 Å². The van der Waals surface area contributed by atoms with E-state index >= 15 is 0 Å². The molecule has 1 saturated carbocycles. The number of rotatable bonds is 9. The normalized spacial score (nSPS) is 26.0. The van der Waals surface area contributed by atoms with Crippen molar-refractivity contribution in [2.45, 2.75) is 52.4 Å². The molecule has 0 spiro atoms. The van der Waals surface area contributed by atoms with Crippen molar-refractivity contribution >= 4 is 12.0 Å². The predicted molar refractivity (Wildman–Crippen MR) is 94.0 cm³/mol. The van der Waals surface area contributed by atoms with E-state index in [4.69, 9.17) is 0 Å². The molecular weight excluding hydrogens is 306 g/mol. The minimum atomic E-state index is -0.727. The predicted octanol–water partition coefficient (Wildman–Crippen LogP) is 2.39. The van der Waals surface area contributed by atoms with Crippen LogP contribution in [0.25, 0.3) is 0 Å². The molecule has 2 atom stereocenters. The Bertz CT molecular complexity index is 437. The van der Waals surface area contributed by atoms with Crippen molar-refractivity contribution in [1.82, 2.24) is 15.1 Å². The number of aliphatic carboxylic acids is 1. The van der Waals surface area contributed by atoms with Crippen LogP contribution >= 0.6 is 0 Å². The third kappa shape index (κ3) is 4.21. The summed E-state index contributed by atoms with van der Waals surface area (Å²) in [5.74, 6) is -0.597. The molecule has 2 aliphatic rings. The van der Waals surface area contributed by atoms with Crippen molar-refractivity contribution in [2.24, 2.45) is 11.3 Å². The molecule has 0 unspecified atom stereocenters. The van der Waals surface area contributed by atoms with Gasteiger partial charge in [-0.3, -0.25) is 4.79 Å². The van der Waals surface area contributed by atoms with Crippen LogP contribution in [0.15, 0.2) is 0 Å². The highest BCUT2D eigenvalue weighted by Gasteiger charge is 2.55. The molecule has 6 heteroatoms. The standard InChI is InChI=1S/C18H33N3O3/c1-3-10-20(11-4-2)12-6-9-19-17(24)21-13-15-7-5-8-18(15,14-21)16(22)23/h15H,3-14H2,1-2H3,(H,19,24)(H,22,23)/t15-,18+/m0/s1. The molecule has 0 bridgehead atoms. The molecule has 1 heterocycles. The maximum absolute atomic E-state index is 12.3. The first kappa shape index (κ1) is 19.0. The van der Waals surface area contributed by atoms with E-state index in [1.54, 1.807) is 4.90 Å². The number of nitrogens with one attached hydrogen (secondary N) is 1. The largest absolute Gasteiger partial charge is 0.481 e. The van der Waals surface area contributed by atoms with Crippen LogP contribution in [-0.4, -0.2) is 66.2 Å². The number of nitrogens with zero attached hydrogens (tertiary/aromatic N) is 2. The van der Waals surface area contributed by atoms with Gasteiger partial charge < -0.3 is 20.2 Å². The summed E-state index contributed by atoms with van der Waals surface area (Å²) in [6.45, 7) is 9.22. The number of carbonyl (C=O) groups is 2. The number of amides is 2. The molecule has 0 aromatic heterocycles. The van der Waals surface area contributed by atoms with Crippen LogP contribution in [0, 0.1) is 11.3 Å². The molecule has 1 saturated heterocycles. The maximum Gasteiger partial charge on any atom is 0.317 e. The van der Waals surface area contributed by atoms with Gasteiger partial charge in [-0.15, -0.1) is 0 Å². The molecule has 0 radical (unpaired) electrons. The summed E-state index contributed by atoms with van der Waals surface area (Å²) in [4.78, 5) is 28.2. The van der Waals surface area contributed by atoms with Crippen LogP contribution in [0.4, 0.5) is 4.79 Å². The number of likely N-dealkylation sites (tertiary alicyclic amines) is 1. The molecule has 2 rings (SSSR count). The average molecular weight is 339 g/mol. The van der Waals surface area contributed by atoms with E-state index in [2.05, 4.69) is 24.1 Å². The highest BCUT2D eigenvalue weighted by atomic mass is 16.4. The number of carbonyl (C=O) groups excluding carboxylic acids is 1. The maximum atomic E-state index is 12.3. The topological polar surface area (TPSA) is 72.9 Å². The van der Waals surface area contributed by atoms with Crippen LogP contribution in [0.3, 0.4) is 0 Å². The zero-order valence-electron chi connectivity index (χ0n) is 15.2. The molecule has 0 aromatic rings. The number of urea groups is 1. The summed E-state index contributed by atoms with van der Waals surface area (Å²) < 4.78 is 0. The van der Waals surface area contributed by atoms with Crippen LogP contribution in [0.5, 0.6) is 0 Å². The molecule has 138 valence electrons. The number of carboxylic acid groups (broad SMARTS) is 1. The molecular formula is C18H33N3O3. The van der Waals surface area contributed by atoms with Crippen molar-refractivity contribution in [3.05, 3.63) is 0 Å². The SMILES string of the molecule is CCCN(CCC)CCCNC(=O)N1C[C@@H]2CCC[C@@]2(C(=O)O)C1. The Labute approximate surface area is 145 Å². The summed E-state index contributed by atoms with van der Waals surface area (Å²) in [6.07, 6.45) is 5.85. The molecule has 24 heavy (non-hydrogen) atoms. The van der Waals surface area contributed by atoms with Gasteiger partial charge in [0.15, 0.2) is 0 Å². The fraction of sp³-hybridized carbons (Fsp3) is 0.889. The highest BCUT2D eigenvalue weighted by Crippen LogP contribution is 2.48. The van der Waals surface area contributed by atoms with Gasteiger partial charge in [-0.1, -0.05) is 20.3 Å². The minimum absolute atomic E-state index is 0.0949. The van der Waals surface area contributed by atoms with Gasteiger partial charge in [0.25, 0.3) is 0 Å². The number of hydrogen-bond acceptors (Lipinski definition) is 3. The van der Waals surface area contributed by atoms with Crippen LogP contribution in [0.1, 0.15) is 52.4 Å².